The van der Waals surface area contributed by atoms with Gasteiger partial charge >= 0.3 is 0 Å². The summed E-state index contributed by atoms with van der Waals surface area (Å²) in [6.07, 6.45) is 1.45. The summed E-state index contributed by atoms with van der Waals surface area (Å²) in [6, 6.07) is 13.4. The molecule has 8 heteroatoms. The molecule has 0 amide bonds. The molecule has 2 heterocycles. The van der Waals surface area contributed by atoms with Crippen LogP contribution in [0.3, 0.4) is 0 Å². The number of rotatable bonds is 4. The molecule has 2 aromatic carbocycles. The van der Waals surface area contributed by atoms with Gasteiger partial charge in [0, 0.05) is 10.7 Å². The molecule has 0 atom stereocenters. The number of benzene rings is 2. The van der Waals surface area contributed by atoms with E-state index in [9.17, 15) is 0 Å². The lowest BCUT2D eigenvalue weighted by Crippen LogP contribution is -2.05. The van der Waals surface area contributed by atoms with Gasteiger partial charge in [0.15, 0.2) is 16.8 Å². The Morgan fingerprint density at radius 1 is 1.04 bits per heavy atom. The number of aryl methyl sites for hydroxylation is 1. The Morgan fingerprint density at radius 2 is 1.81 bits per heavy atom. The number of thiazole rings is 1. The van der Waals surface area contributed by atoms with E-state index in [0.717, 1.165) is 26.6 Å². The van der Waals surface area contributed by atoms with Crippen LogP contribution in [0.5, 0.6) is 0 Å². The molecule has 4 N–H and O–H groups in total. The maximum absolute atomic E-state index is 6.24. The highest BCUT2D eigenvalue weighted by Gasteiger charge is 2.12. The Hall–Kier alpha value is -2.90. The van der Waals surface area contributed by atoms with Gasteiger partial charge in [0.25, 0.3) is 0 Å². The van der Waals surface area contributed by atoms with E-state index < -0.39 is 0 Å². The van der Waals surface area contributed by atoms with Crippen molar-refractivity contribution in [1.82, 2.24) is 15.0 Å². The molecule has 2 aromatic heterocycles. The van der Waals surface area contributed by atoms with Gasteiger partial charge < -0.3 is 16.4 Å². The number of halogens is 1. The first kappa shape index (κ1) is 16.6. The van der Waals surface area contributed by atoms with Crippen LogP contribution in [-0.2, 0) is 0 Å². The Balaban J connectivity index is 1.63. The van der Waals surface area contributed by atoms with Crippen LogP contribution in [0.2, 0.25) is 5.02 Å². The Morgan fingerprint density at radius 3 is 2.58 bits per heavy atom. The van der Waals surface area contributed by atoms with Crippen molar-refractivity contribution >= 4 is 61.3 Å². The molecule has 6 nitrogen and oxygen atoms in total. The standard InChI is InChI=1S/C18H15ClN6S/c1-10-4-2-7-13-15(10)24-18(26-13)25-17-14(20)16(21-9-22-17)23-12-6-3-5-11(19)8-12/h2-9H,20H2,1H3,(H2,21,22,23,24,25). The Kier molecular flexibility index (Phi) is 4.32. The lowest BCUT2D eigenvalue weighted by molar-refractivity contribution is 1.17. The monoisotopic (exact) mass is 382 g/mol. The fourth-order valence-electron chi connectivity index (χ4n) is 2.54. The zero-order valence-electron chi connectivity index (χ0n) is 13.8. The second-order valence-corrected chi connectivity index (χ2v) is 7.15. The van der Waals surface area contributed by atoms with Crippen LogP contribution >= 0.6 is 22.9 Å². The largest absolute Gasteiger partial charge is 0.393 e. The maximum Gasteiger partial charge on any atom is 0.189 e. The highest BCUT2D eigenvalue weighted by molar-refractivity contribution is 7.22. The minimum atomic E-state index is 0.406. The third-order valence-electron chi connectivity index (χ3n) is 3.82. The second kappa shape index (κ2) is 6.78. The van der Waals surface area contributed by atoms with E-state index in [0.29, 0.717) is 22.3 Å². The average molecular weight is 383 g/mol. The second-order valence-electron chi connectivity index (χ2n) is 5.69. The van der Waals surface area contributed by atoms with Gasteiger partial charge in [-0.15, -0.1) is 0 Å². The molecule has 0 unspecified atom stereocenters. The van der Waals surface area contributed by atoms with Crippen LogP contribution in [-0.4, -0.2) is 15.0 Å². The van der Waals surface area contributed by atoms with E-state index in [4.69, 9.17) is 17.3 Å². The summed E-state index contributed by atoms with van der Waals surface area (Å²) in [6.45, 7) is 2.04. The van der Waals surface area contributed by atoms with Crippen molar-refractivity contribution in [2.24, 2.45) is 0 Å². The molecular weight excluding hydrogens is 368 g/mol. The number of fused-ring (bicyclic) bond motifs is 1. The average Bonchev–Trinajstić information content (AvgIpc) is 3.03. The SMILES string of the molecule is Cc1cccc2sc(Nc3ncnc(Nc4cccc(Cl)c4)c3N)nc12. The predicted molar refractivity (Wildman–Crippen MR) is 109 cm³/mol. The fourth-order valence-corrected chi connectivity index (χ4v) is 3.67. The zero-order valence-corrected chi connectivity index (χ0v) is 15.4. The molecule has 0 saturated carbocycles. The van der Waals surface area contributed by atoms with Crippen LogP contribution < -0.4 is 16.4 Å². The molecule has 0 bridgehead atoms. The lowest BCUT2D eigenvalue weighted by atomic mass is 10.2. The molecule has 4 rings (SSSR count). The molecule has 130 valence electrons. The van der Waals surface area contributed by atoms with Gasteiger partial charge in [-0.3, -0.25) is 0 Å². The molecule has 4 aromatic rings. The van der Waals surface area contributed by atoms with Gasteiger partial charge in [0.2, 0.25) is 0 Å². The number of hydrogen-bond acceptors (Lipinski definition) is 7. The van der Waals surface area contributed by atoms with Gasteiger partial charge in [-0.05, 0) is 36.8 Å². The lowest BCUT2D eigenvalue weighted by Gasteiger charge is -2.11. The van der Waals surface area contributed by atoms with Crippen molar-refractivity contribution in [3.05, 3.63) is 59.4 Å². The smallest absolute Gasteiger partial charge is 0.189 e. The molecule has 0 aliphatic rings. The highest BCUT2D eigenvalue weighted by Crippen LogP contribution is 2.33. The number of para-hydroxylation sites is 1. The minimum Gasteiger partial charge on any atom is -0.393 e. The molecular formula is C18H15ClN6S. The van der Waals surface area contributed by atoms with Crippen molar-refractivity contribution in [3.63, 3.8) is 0 Å². The van der Waals surface area contributed by atoms with Crippen molar-refractivity contribution in [1.29, 1.82) is 0 Å². The van der Waals surface area contributed by atoms with E-state index in [2.05, 4.69) is 25.6 Å². The molecule has 0 fully saturated rings. The van der Waals surface area contributed by atoms with Gasteiger partial charge in [0.05, 0.1) is 10.2 Å². The van der Waals surface area contributed by atoms with Gasteiger partial charge in [0.1, 0.15) is 12.0 Å². The molecule has 0 radical (unpaired) electrons. The number of anilines is 5. The number of nitrogen functional groups attached to an aromatic ring is 1. The van der Waals surface area contributed by atoms with Gasteiger partial charge in [-0.25, -0.2) is 15.0 Å². The summed E-state index contributed by atoms with van der Waals surface area (Å²) in [5, 5.41) is 7.71. The number of nitrogens with zero attached hydrogens (tertiary/aromatic N) is 3. The van der Waals surface area contributed by atoms with Gasteiger partial charge in [-0.2, -0.15) is 0 Å². The summed E-state index contributed by atoms with van der Waals surface area (Å²) in [7, 11) is 0. The molecule has 0 aliphatic carbocycles. The topological polar surface area (TPSA) is 88.8 Å². The number of nitrogens with one attached hydrogen (secondary N) is 2. The summed E-state index contributed by atoms with van der Waals surface area (Å²) in [5.74, 6) is 1.00. The Bertz CT molecular complexity index is 1090. The molecule has 0 aliphatic heterocycles. The zero-order chi connectivity index (χ0) is 18.1. The van der Waals surface area contributed by atoms with E-state index in [1.54, 1.807) is 23.5 Å². The molecule has 0 spiro atoms. The predicted octanol–water partition coefficient (Wildman–Crippen LogP) is 5.12. The minimum absolute atomic E-state index is 0.406. The van der Waals surface area contributed by atoms with Crippen LogP contribution in [0.15, 0.2) is 48.8 Å². The van der Waals surface area contributed by atoms with Crippen LogP contribution in [0, 0.1) is 6.92 Å². The summed E-state index contributed by atoms with van der Waals surface area (Å²) in [4.78, 5) is 13.1. The number of nitrogens with two attached hydrogens (primary N) is 1. The van der Waals surface area contributed by atoms with Crippen molar-refractivity contribution in [2.75, 3.05) is 16.4 Å². The number of hydrogen-bond donors (Lipinski definition) is 3. The van der Waals surface area contributed by atoms with E-state index >= 15 is 0 Å². The normalized spacial score (nSPS) is 10.8. The Labute approximate surface area is 159 Å². The first-order chi connectivity index (χ1) is 12.6. The fraction of sp³-hybridized carbons (Fsp3) is 0.0556. The van der Waals surface area contributed by atoms with E-state index in [-0.39, 0.29) is 0 Å². The summed E-state index contributed by atoms with van der Waals surface area (Å²) < 4.78 is 1.11. The quantitative estimate of drug-likeness (QED) is 0.454. The summed E-state index contributed by atoms with van der Waals surface area (Å²) in [5.41, 5.74) is 9.54. The molecule has 26 heavy (non-hydrogen) atoms. The highest BCUT2D eigenvalue weighted by atomic mass is 35.5. The van der Waals surface area contributed by atoms with E-state index in [1.807, 2.05) is 37.3 Å². The van der Waals surface area contributed by atoms with Crippen LogP contribution in [0.25, 0.3) is 10.2 Å². The summed E-state index contributed by atoms with van der Waals surface area (Å²) >= 11 is 7.57. The first-order valence-electron chi connectivity index (χ1n) is 7.86. The number of aromatic nitrogens is 3. The van der Waals surface area contributed by atoms with Crippen molar-refractivity contribution in [2.45, 2.75) is 6.92 Å². The van der Waals surface area contributed by atoms with Crippen LogP contribution in [0.4, 0.5) is 28.1 Å². The molecule has 0 saturated heterocycles. The van der Waals surface area contributed by atoms with Crippen LogP contribution in [0.1, 0.15) is 5.56 Å². The third kappa shape index (κ3) is 3.26. The third-order valence-corrected chi connectivity index (χ3v) is 4.99. The van der Waals surface area contributed by atoms with E-state index in [1.165, 1.54) is 6.33 Å². The first-order valence-corrected chi connectivity index (χ1v) is 9.06. The van der Waals surface area contributed by atoms with Gasteiger partial charge in [-0.1, -0.05) is 41.1 Å². The van der Waals surface area contributed by atoms with Crippen molar-refractivity contribution in [3.8, 4) is 0 Å². The van der Waals surface area contributed by atoms with Crippen molar-refractivity contribution < 1.29 is 0 Å². The maximum atomic E-state index is 6.24.